The first-order valence-electron chi connectivity index (χ1n) is 4.36. The number of thiophene rings is 1. The molecule has 1 atom stereocenters. The van der Waals surface area contributed by atoms with Crippen LogP contribution in [0.5, 0.6) is 0 Å². The third-order valence-electron chi connectivity index (χ3n) is 2.46. The summed E-state index contributed by atoms with van der Waals surface area (Å²) >= 11 is 1.67. The van der Waals surface area contributed by atoms with Gasteiger partial charge in [-0.1, -0.05) is 6.92 Å². The molecule has 1 aromatic rings. The quantitative estimate of drug-likeness (QED) is 0.607. The van der Waals surface area contributed by atoms with E-state index in [-0.39, 0.29) is 0 Å². The maximum Gasteiger partial charge on any atom is 0.160 e. The van der Waals surface area contributed by atoms with E-state index >= 15 is 0 Å². The number of aryl methyl sites for hydroxylation is 1. The highest BCUT2D eigenvalue weighted by atomic mass is 32.1. The van der Waals surface area contributed by atoms with Crippen LogP contribution in [0.3, 0.4) is 0 Å². The minimum atomic E-state index is 0.798. The fraction of sp³-hybridized carbons (Fsp3) is 0.500. The van der Waals surface area contributed by atoms with Gasteiger partial charge < -0.3 is 0 Å². The van der Waals surface area contributed by atoms with Gasteiger partial charge in [0.2, 0.25) is 0 Å². The van der Waals surface area contributed by atoms with Crippen LogP contribution in [0.15, 0.2) is 6.07 Å². The number of carbonyl (C=O) groups is 1. The number of carbonyl (C=O) groups excluding carboxylic acids is 1. The van der Waals surface area contributed by atoms with Gasteiger partial charge in [0, 0.05) is 4.88 Å². The first-order valence-corrected chi connectivity index (χ1v) is 5.18. The molecule has 2 heteroatoms. The van der Waals surface area contributed by atoms with Gasteiger partial charge in [0.1, 0.15) is 0 Å². The van der Waals surface area contributed by atoms with Crippen LogP contribution >= 0.6 is 11.3 Å². The highest BCUT2D eigenvalue weighted by Crippen LogP contribution is 2.31. The Morgan fingerprint density at radius 2 is 2.50 bits per heavy atom. The Balaban J connectivity index is 2.34. The highest BCUT2D eigenvalue weighted by molar-refractivity contribution is 7.13. The van der Waals surface area contributed by atoms with Crippen molar-refractivity contribution in [1.29, 1.82) is 0 Å². The zero-order valence-corrected chi connectivity index (χ0v) is 7.99. The standard InChI is InChI=1S/C10H12OS/c1-7-2-3-10-8(4-7)5-9(6-11)12-10/h5-7H,2-4H2,1H3/t7-/m0/s1. The van der Waals surface area contributed by atoms with Crippen LogP contribution in [0.2, 0.25) is 0 Å². The minimum absolute atomic E-state index is 0.798. The average molecular weight is 180 g/mol. The van der Waals surface area contributed by atoms with E-state index in [1.165, 1.54) is 29.7 Å². The van der Waals surface area contributed by atoms with Crippen LogP contribution in [0, 0.1) is 5.92 Å². The second-order valence-corrected chi connectivity index (χ2v) is 4.73. The van der Waals surface area contributed by atoms with Gasteiger partial charge in [-0.05, 0) is 36.8 Å². The molecule has 0 aromatic carbocycles. The summed E-state index contributed by atoms with van der Waals surface area (Å²) in [6.45, 7) is 2.28. The Morgan fingerprint density at radius 3 is 3.25 bits per heavy atom. The summed E-state index contributed by atoms with van der Waals surface area (Å²) in [6, 6.07) is 2.06. The summed E-state index contributed by atoms with van der Waals surface area (Å²) in [6.07, 6.45) is 4.59. The van der Waals surface area contributed by atoms with E-state index in [9.17, 15) is 4.79 Å². The van der Waals surface area contributed by atoms with Crippen molar-refractivity contribution < 1.29 is 4.79 Å². The number of aldehydes is 1. The first kappa shape index (κ1) is 7.99. The van der Waals surface area contributed by atoms with Crippen LogP contribution in [0.25, 0.3) is 0 Å². The first-order chi connectivity index (χ1) is 5.79. The maximum absolute atomic E-state index is 10.5. The van der Waals surface area contributed by atoms with Gasteiger partial charge in [-0.15, -0.1) is 11.3 Å². The van der Waals surface area contributed by atoms with Crippen molar-refractivity contribution in [2.45, 2.75) is 26.2 Å². The largest absolute Gasteiger partial charge is 0.297 e. The van der Waals surface area contributed by atoms with Crippen LogP contribution in [-0.4, -0.2) is 6.29 Å². The number of rotatable bonds is 1. The molecule has 0 bridgehead atoms. The lowest BCUT2D eigenvalue weighted by molar-refractivity contribution is 0.112. The predicted octanol–water partition coefficient (Wildman–Crippen LogP) is 2.69. The van der Waals surface area contributed by atoms with Crippen molar-refractivity contribution in [3.05, 3.63) is 21.4 Å². The SMILES string of the molecule is C[C@H]1CCc2sc(C=O)cc2C1. The van der Waals surface area contributed by atoms with Gasteiger partial charge in [0.25, 0.3) is 0 Å². The normalized spacial score (nSPS) is 21.9. The lowest BCUT2D eigenvalue weighted by atomic mass is 9.90. The summed E-state index contributed by atoms with van der Waals surface area (Å²) in [4.78, 5) is 12.9. The van der Waals surface area contributed by atoms with Crippen LogP contribution in [0.1, 0.15) is 33.5 Å². The monoisotopic (exact) mass is 180 g/mol. The second-order valence-electron chi connectivity index (χ2n) is 3.56. The Kier molecular flexibility index (Phi) is 2.01. The molecule has 2 rings (SSSR count). The molecule has 12 heavy (non-hydrogen) atoms. The van der Waals surface area contributed by atoms with Crippen LogP contribution in [0.4, 0.5) is 0 Å². The Bertz CT molecular complexity index is 301. The van der Waals surface area contributed by atoms with Crippen molar-refractivity contribution in [2.24, 2.45) is 5.92 Å². The molecular weight excluding hydrogens is 168 g/mol. The molecule has 0 radical (unpaired) electrons. The van der Waals surface area contributed by atoms with Gasteiger partial charge in [-0.3, -0.25) is 4.79 Å². The summed E-state index contributed by atoms with van der Waals surface area (Å²) in [5.74, 6) is 0.798. The topological polar surface area (TPSA) is 17.1 Å². The predicted molar refractivity (Wildman–Crippen MR) is 50.9 cm³/mol. The van der Waals surface area contributed by atoms with Crippen molar-refractivity contribution in [1.82, 2.24) is 0 Å². The lowest BCUT2D eigenvalue weighted by Gasteiger charge is -2.16. The molecule has 1 nitrogen and oxygen atoms in total. The fourth-order valence-corrected chi connectivity index (χ4v) is 2.81. The molecule has 1 heterocycles. The Labute approximate surface area is 76.4 Å². The molecular formula is C10H12OS. The fourth-order valence-electron chi connectivity index (χ4n) is 1.79. The molecule has 0 amide bonds. The van der Waals surface area contributed by atoms with E-state index in [4.69, 9.17) is 0 Å². The van der Waals surface area contributed by atoms with Gasteiger partial charge >= 0.3 is 0 Å². The molecule has 0 fully saturated rings. The second kappa shape index (κ2) is 3.02. The highest BCUT2D eigenvalue weighted by Gasteiger charge is 2.17. The number of hydrogen-bond acceptors (Lipinski definition) is 2. The van der Waals surface area contributed by atoms with E-state index < -0.39 is 0 Å². The summed E-state index contributed by atoms with van der Waals surface area (Å²) in [7, 11) is 0. The Hall–Kier alpha value is -0.630. The Morgan fingerprint density at radius 1 is 1.67 bits per heavy atom. The van der Waals surface area contributed by atoms with Crippen molar-refractivity contribution in [2.75, 3.05) is 0 Å². The third-order valence-corrected chi connectivity index (χ3v) is 3.63. The zero-order chi connectivity index (χ0) is 8.55. The maximum atomic E-state index is 10.5. The minimum Gasteiger partial charge on any atom is -0.297 e. The molecule has 1 aliphatic rings. The van der Waals surface area contributed by atoms with E-state index in [0.29, 0.717) is 0 Å². The van der Waals surface area contributed by atoms with Crippen LogP contribution in [-0.2, 0) is 12.8 Å². The summed E-state index contributed by atoms with van der Waals surface area (Å²) in [5.41, 5.74) is 1.42. The van der Waals surface area contributed by atoms with E-state index in [0.717, 1.165) is 17.1 Å². The summed E-state index contributed by atoms with van der Waals surface area (Å²) in [5, 5.41) is 0. The van der Waals surface area contributed by atoms with Crippen molar-refractivity contribution in [3.8, 4) is 0 Å². The van der Waals surface area contributed by atoms with Crippen molar-refractivity contribution >= 4 is 17.6 Å². The molecule has 0 spiro atoms. The molecule has 1 aliphatic carbocycles. The molecule has 0 unspecified atom stereocenters. The van der Waals surface area contributed by atoms with Gasteiger partial charge in [0.05, 0.1) is 4.88 Å². The summed E-state index contributed by atoms with van der Waals surface area (Å²) < 4.78 is 0. The van der Waals surface area contributed by atoms with Gasteiger partial charge in [-0.2, -0.15) is 0 Å². The van der Waals surface area contributed by atoms with E-state index in [1.54, 1.807) is 11.3 Å². The molecule has 64 valence electrons. The third kappa shape index (κ3) is 1.31. The van der Waals surface area contributed by atoms with Gasteiger partial charge in [-0.25, -0.2) is 0 Å². The smallest absolute Gasteiger partial charge is 0.160 e. The van der Waals surface area contributed by atoms with Gasteiger partial charge in [0.15, 0.2) is 6.29 Å². The van der Waals surface area contributed by atoms with Crippen LogP contribution < -0.4 is 0 Å². The van der Waals surface area contributed by atoms with E-state index in [1.807, 2.05) is 0 Å². The molecule has 1 aromatic heterocycles. The van der Waals surface area contributed by atoms with Crippen molar-refractivity contribution in [3.63, 3.8) is 0 Å². The molecule has 0 aliphatic heterocycles. The lowest BCUT2D eigenvalue weighted by Crippen LogP contribution is -2.07. The van der Waals surface area contributed by atoms with E-state index in [2.05, 4.69) is 13.0 Å². The number of fused-ring (bicyclic) bond motifs is 1. The molecule has 0 saturated carbocycles. The molecule has 0 N–H and O–H groups in total. The number of hydrogen-bond donors (Lipinski definition) is 0. The zero-order valence-electron chi connectivity index (χ0n) is 7.17. The molecule has 0 saturated heterocycles. The average Bonchev–Trinajstić information content (AvgIpc) is 2.46.